The Morgan fingerprint density at radius 3 is 2.43 bits per heavy atom. The third-order valence-electron chi connectivity index (χ3n) is 3.50. The second-order valence-corrected chi connectivity index (χ2v) is 4.95. The summed E-state index contributed by atoms with van der Waals surface area (Å²) >= 11 is 0. The third-order valence-corrected chi connectivity index (χ3v) is 3.50. The van der Waals surface area contributed by atoms with E-state index in [0.29, 0.717) is 17.7 Å². The smallest absolute Gasteiger partial charge is 0.285 e. The van der Waals surface area contributed by atoms with Gasteiger partial charge in [0.05, 0.1) is 24.3 Å². The molecular weight excluding hydrogens is 274 g/mol. The molecule has 2 aliphatic rings. The molecule has 1 atom stereocenters. The van der Waals surface area contributed by atoms with Gasteiger partial charge in [0.25, 0.3) is 11.8 Å². The largest absolute Gasteiger partial charge is 0.353 e. The molecule has 1 aromatic carbocycles. The summed E-state index contributed by atoms with van der Waals surface area (Å²) in [7, 11) is 0. The quantitative estimate of drug-likeness (QED) is 0.611. The van der Waals surface area contributed by atoms with Gasteiger partial charge in [-0.25, -0.2) is 0 Å². The van der Waals surface area contributed by atoms with Crippen LogP contribution in [0.25, 0.3) is 0 Å². The lowest BCUT2D eigenvalue weighted by atomic mass is 10.1. The summed E-state index contributed by atoms with van der Waals surface area (Å²) in [5.41, 5.74) is 0.748. The maximum atomic E-state index is 12.0. The molecule has 0 aromatic heterocycles. The number of nitrogens with zero attached hydrogens (tertiary/aromatic N) is 1. The zero-order chi connectivity index (χ0) is 14.7. The van der Waals surface area contributed by atoms with Gasteiger partial charge in [-0.05, 0) is 31.4 Å². The Bertz CT molecular complexity index is 504. The molecule has 1 saturated heterocycles. The zero-order valence-corrected chi connectivity index (χ0v) is 11.6. The molecule has 0 bridgehead atoms. The standard InChI is InChI=1S/C15H17NO5/c17-14-11-5-1-2-6-12(11)15(18)16(14)21-10-9-20-13-7-3-4-8-19-13/h1-2,5-6,13H,3-4,7-10H2. The van der Waals surface area contributed by atoms with Crippen LogP contribution < -0.4 is 0 Å². The van der Waals surface area contributed by atoms with Crippen molar-refractivity contribution >= 4 is 11.8 Å². The molecule has 3 rings (SSSR count). The fourth-order valence-corrected chi connectivity index (χ4v) is 2.44. The second-order valence-electron chi connectivity index (χ2n) is 4.95. The Morgan fingerprint density at radius 1 is 1.10 bits per heavy atom. The fourth-order valence-electron chi connectivity index (χ4n) is 2.44. The van der Waals surface area contributed by atoms with Crippen LogP contribution in [0.15, 0.2) is 24.3 Å². The molecule has 0 aliphatic carbocycles. The molecule has 2 amide bonds. The first-order valence-electron chi connectivity index (χ1n) is 7.11. The summed E-state index contributed by atoms with van der Waals surface area (Å²) in [6, 6.07) is 6.67. The molecule has 1 aromatic rings. The van der Waals surface area contributed by atoms with Crippen molar-refractivity contribution in [3.05, 3.63) is 35.4 Å². The molecule has 1 unspecified atom stereocenters. The highest BCUT2D eigenvalue weighted by molar-refractivity contribution is 6.20. The van der Waals surface area contributed by atoms with Crippen LogP contribution in [0.4, 0.5) is 0 Å². The van der Waals surface area contributed by atoms with Crippen molar-refractivity contribution in [2.24, 2.45) is 0 Å². The van der Waals surface area contributed by atoms with Crippen molar-refractivity contribution in [3.63, 3.8) is 0 Å². The van der Waals surface area contributed by atoms with Gasteiger partial charge in [0.2, 0.25) is 0 Å². The zero-order valence-electron chi connectivity index (χ0n) is 11.6. The van der Waals surface area contributed by atoms with Crippen LogP contribution >= 0.6 is 0 Å². The first kappa shape index (κ1) is 14.2. The maximum absolute atomic E-state index is 12.0. The highest BCUT2D eigenvalue weighted by Crippen LogP contribution is 2.22. The van der Waals surface area contributed by atoms with Gasteiger partial charge < -0.3 is 9.47 Å². The Balaban J connectivity index is 1.48. The number of carbonyl (C=O) groups is 2. The number of carbonyl (C=O) groups excluding carboxylic acids is 2. The molecule has 6 heteroatoms. The van der Waals surface area contributed by atoms with E-state index in [1.54, 1.807) is 24.3 Å². The minimum absolute atomic E-state index is 0.130. The van der Waals surface area contributed by atoms with E-state index in [0.717, 1.165) is 24.3 Å². The highest BCUT2D eigenvalue weighted by Gasteiger charge is 2.36. The van der Waals surface area contributed by atoms with E-state index in [1.807, 2.05) is 0 Å². The molecule has 112 valence electrons. The Morgan fingerprint density at radius 2 is 1.81 bits per heavy atom. The van der Waals surface area contributed by atoms with Crippen LogP contribution in [0.1, 0.15) is 40.0 Å². The van der Waals surface area contributed by atoms with Crippen molar-refractivity contribution in [1.82, 2.24) is 5.06 Å². The predicted molar refractivity (Wildman–Crippen MR) is 72.4 cm³/mol. The van der Waals surface area contributed by atoms with E-state index >= 15 is 0 Å². The molecular formula is C15H17NO5. The number of rotatable bonds is 5. The van der Waals surface area contributed by atoms with Crippen LogP contribution in [0.2, 0.25) is 0 Å². The van der Waals surface area contributed by atoms with E-state index in [4.69, 9.17) is 14.3 Å². The number of hydroxylamine groups is 2. The van der Waals surface area contributed by atoms with Crippen LogP contribution in [-0.2, 0) is 14.3 Å². The summed E-state index contributed by atoms with van der Waals surface area (Å²) in [6.07, 6.45) is 2.81. The molecule has 1 fully saturated rings. The molecule has 0 radical (unpaired) electrons. The van der Waals surface area contributed by atoms with E-state index < -0.39 is 11.8 Å². The third kappa shape index (κ3) is 2.97. The Kier molecular flexibility index (Phi) is 4.28. The van der Waals surface area contributed by atoms with Gasteiger partial charge in [-0.2, -0.15) is 0 Å². The molecule has 0 N–H and O–H groups in total. The van der Waals surface area contributed by atoms with Crippen molar-refractivity contribution in [1.29, 1.82) is 0 Å². The Hall–Kier alpha value is -1.76. The second kappa shape index (κ2) is 6.34. The molecule has 21 heavy (non-hydrogen) atoms. The SMILES string of the molecule is O=C1c2ccccc2C(=O)N1OCCOC1CCCCO1. The lowest BCUT2D eigenvalue weighted by Gasteiger charge is -2.23. The number of imide groups is 1. The van der Waals surface area contributed by atoms with Crippen LogP contribution in [0.5, 0.6) is 0 Å². The lowest BCUT2D eigenvalue weighted by molar-refractivity contribution is -0.182. The van der Waals surface area contributed by atoms with E-state index in [-0.39, 0.29) is 19.5 Å². The number of ether oxygens (including phenoxy) is 2. The maximum Gasteiger partial charge on any atom is 0.285 e. The first-order chi connectivity index (χ1) is 10.3. The minimum Gasteiger partial charge on any atom is -0.353 e. The molecule has 0 saturated carbocycles. The van der Waals surface area contributed by atoms with Crippen molar-refractivity contribution in [2.75, 3.05) is 19.8 Å². The van der Waals surface area contributed by atoms with Crippen LogP contribution in [0.3, 0.4) is 0 Å². The molecule has 6 nitrogen and oxygen atoms in total. The van der Waals surface area contributed by atoms with Gasteiger partial charge in [0, 0.05) is 6.61 Å². The summed E-state index contributed by atoms with van der Waals surface area (Å²) in [6.45, 7) is 1.12. The predicted octanol–water partition coefficient (Wildman–Crippen LogP) is 1.76. The Labute approximate surface area is 122 Å². The van der Waals surface area contributed by atoms with E-state index in [1.165, 1.54) is 0 Å². The fraction of sp³-hybridized carbons (Fsp3) is 0.467. The summed E-state index contributed by atoms with van der Waals surface area (Å²) < 4.78 is 10.9. The van der Waals surface area contributed by atoms with Gasteiger partial charge >= 0.3 is 0 Å². The van der Waals surface area contributed by atoms with Gasteiger partial charge in [-0.3, -0.25) is 14.4 Å². The normalized spacial score (nSPS) is 21.7. The van der Waals surface area contributed by atoms with E-state index in [9.17, 15) is 9.59 Å². The van der Waals surface area contributed by atoms with Crippen LogP contribution in [0, 0.1) is 0 Å². The van der Waals surface area contributed by atoms with Crippen LogP contribution in [-0.4, -0.2) is 43.0 Å². The molecule has 2 heterocycles. The molecule has 2 aliphatic heterocycles. The number of amides is 2. The summed E-state index contributed by atoms with van der Waals surface area (Å²) in [4.78, 5) is 29.3. The summed E-state index contributed by atoms with van der Waals surface area (Å²) in [5, 5.41) is 0.801. The summed E-state index contributed by atoms with van der Waals surface area (Å²) in [5.74, 6) is -0.853. The van der Waals surface area contributed by atoms with Gasteiger partial charge in [-0.1, -0.05) is 12.1 Å². The number of hydrogen-bond acceptors (Lipinski definition) is 5. The van der Waals surface area contributed by atoms with Gasteiger partial charge in [-0.15, -0.1) is 5.06 Å². The van der Waals surface area contributed by atoms with E-state index in [2.05, 4.69) is 0 Å². The lowest BCUT2D eigenvalue weighted by Crippen LogP contribution is -2.32. The van der Waals surface area contributed by atoms with Gasteiger partial charge in [0.1, 0.15) is 0 Å². The topological polar surface area (TPSA) is 65.1 Å². The van der Waals surface area contributed by atoms with Crippen molar-refractivity contribution in [2.45, 2.75) is 25.6 Å². The molecule has 0 spiro atoms. The number of fused-ring (bicyclic) bond motifs is 1. The average molecular weight is 291 g/mol. The van der Waals surface area contributed by atoms with Crippen molar-refractivity contribution in [3.8, 4) is 0 Å². The highest BCUT2D eigenvalue weighted by atomic mass is 16.7. The van der Waals surface area contributed by atoms with Gasteiger partial charge in [0.15, 0.2) is 6.29 Å². The average Bonchev–Trinajstić information content (AvgIpc) is 2.77. The number of benzene rings is 1. The number of hydrogen-bond donors (Lipinski definition) is 0. The first-order valence-corrected chi connectivity index (χ1v) is 7.11. The monoisotopic (exact) mass is 291 g/mol. The van der Waals surface area contributed by atoms with Crippen molar-refractivity contribution < 1.29 is 23.9 Å². The minimum atomic E-state index is -0.426.